The van der Waals surface area contributed by atoms with Gasteiger partial charge in [0, 0.05) is 14.2 Å². The summed E-state index contributed by atoms with van der Waals surface area (Å²) in [5.74, 6) is 0. The Morgan fingerprint density at radius 3 is 2.67 bits per heavy atom. The van der Waals surface area contributed by atoms with E-state index in [2.05, 4.69) is 9.47 Å². The fourth-order valence-corrected chi connectivity index (χ4v) is 0.142. The first-order chi connectivity index (χ1) is 3.41. The van der Waals surface area contributed by atoms with Crippen LogP contribution in [0.5, 0.6) is 0 Å². The van der Waals surface area contributed by atoms with E-state index in [-0.39, 0.29) is 7.09 Å². The van der Waals surface area contributed by atoms with Crippen molar-refractivity contribution in [1.29, 1.82) is 0 Å². The molecule has 0 saturated heterocycles. The summed E-state index contributed by atoms with van der Waals surface area (Å²) >= 11 is 0. The normalized spacial score (nSPS) is 11.2. The van der Waals surface area contributed by atoms with Gasteiger partial charge in [-0.3, -0.25) is 0 Å². The van der Waals surface area contributed by atoms with Crippen LogP contribution in [0.25, 0.3) is 0 Å². The topological polar surface area (TPSA) is 18.5 Å². The summed E-state index contributed by atoms with van der Waals surface area (Å²) < 4.78 is 15.8. The molecule has 0 aliphatic carbocycles. The van der Waals surface area contributed by atoms with Gasteiger partial charge in [-0.05, 0) is 0 Å². The lowest BCUT2D eigenvalue weighted by molar-refractivity contribution is 0.103. The van der Waals surface area contributed by atoms with Crippen LogP contribution < -0.4 is 0 Å². The van der Waals surface area contributed by atoms with Gasteiger partial charge in [0.25, 0.3) is 0 Å². The average Bonchev–Trinajstić information content (AvgIpc) is 1.69. The van der Waals surface area contributed by atoms with Gasteiger partial charge in [-0.25, -0.2) is 0 Å². The van der Waals surface area contributed by atoms with Crippen LogP contribution in [0.1, 0.15) is 1.37 Å². The Bertz CT molecular complexity index is 28.9. The Morgan fingerprint density at radius 2 is 2.17 bits per heavy atom. The Morgan fingerprint density at radius 1 is 1.50 bits per heavy atom. The molecule has 6 heavy (non-hydrogen) atoms. The van der Waals surface area contributed by atoms with Crippen LogP contribution in [0.4, 0.5) is 0 Å². The van der Waals surface area contributed by atoms with Crippen LogP contribution in [0.15, 0.2) is 0 Å². The zero-order valence-corrected chi connectivity index (χ0v) is 3.94. The molecular weight excluding hydrogens is 80.0 g/mol. The van der Waals surface area contributed by atoms with Crippen LogP contribution in [-0.2, 0) is 9.47 Å². The Balaban J connectivity index is 2.45. The smallest absolute Gasteiger partial charge is 0.0696 e. The van der Waals surface area contributed by atoms with E-state index in [1.807, 2.05) is 0 Å². The third kappa shape index (κ3) is 3.92. The Labute approximate surface area is 39.5 Å². The SMILES string of the molecule is [2H]COCCOC. The molecule has 2 heteroatoms. The standard InChI is InChI=1S/C4H10O2/c1-5-3-4-6-2/h3-4H2,1-2H3/i1D. The Kier molecular flexibility index (Phi) is 3.35. The molecular formula is C4H10O2. The second-order valence-corrected chi connectivity index (χ2v) is 0.901. The summed E-state index contributed by atoms with van der Waals surface area (Å²) in [6.45, 7) is 1.11. The Hall–Kier alpha value is -0.0800. The first kappa shape index (κ1) is 4.09. The van der Waals surface area contributed by atoms with Gasteiger partial charge < -0.3 is 9.47 Å². The van der Waals surface area contributed by atoms with Crippen LogP contribution in [0.2, 0.25) is 0 Å². The fraction of sp³-hybridized carbons (Fsp3) is 1.00. The molecule has 0 heterocycles. The molecule has 0 unspecified atom stereocenters. The molecule has 0 bridgehead atoms. The third-order valence-electron chi connectivity index (χ3n) is 0.432. The minimum absolute atomic E-state index is 0.0311. The van der Waals surface area contributed by atoms with Crippen molar-refractivity contribution in [1.82, 2.24) is 0 Å². The van der Waals surface area contributed by atoms with Gasteiger partial charge in [-0.1, -0.05) is 0 Å². The quantitative estimate of drug-likeness (QED) is 0.464. The molecule has 38 valence electrons. The predicted octanol–water partition coefficient (Wildman–Crippen LogP) is 0.279. The molecule has 0 aliphatic rings. The maximum atomic E-state index is 6.50. The molecule has 0 rings (SSSR count). The van der Waals surface area contributed by atoms with Gasteiger partial charge in [0.2, 0.25) is 0 Å². The molecule has 0 fully saturated rings. The highest BCUT2D eigenvalue weighted by Crippen LogP contribution is 1.65. The molecule has 0 aliphatic heterocycles. The van der Waals surface area contributed by atoms with E-state index in [0.29, 0.717) is 13.2 Å². The monoisotopic (exact) mass is 91.1 g/mol. The summed E-state index contributed by atoms with van der Waals surface area (Å²) in [6.07, 6.45) is 0. The zero-order valence-electron chi connectivity index (χ0n) is 4.94. The zero-order chi connectivity index (χ0) is 5.54. The highest BCUT2D eigenvalue weighted by atomic mass is 16.5. The van der Waals surface area contributed by atoms with Crippen LogP contribution in [0.3, 0.4) is 0 Å². The van der Waals surface area contributed by atoms with Crippen LogP contribution in [-0.4, -0.2) is 27.4 Å². The number of methoxy groups -OCH3 is 2. The number of rotatable bonds is 3. The maximum absolute atomic E-state index is 6.50. The van der Waals surface area contributed by atoms with E-state index in [4.69, 9.17) is 1.37 Å². The highest BCUT2D eigenvalue weighted by molar-refractivity contribution is 4.17. The second-order valence-electron chi connectivity index (χ2n) is 0.901. The van der Waals surface area contributed by atoms with Gasteiger partial charge in [0.15, 0.2) is 0 Å². The van der Waals surface area contributed by atoms with Gasteiger partial charge in [0.1, 0.15) is 0 Å². The van der Waals surface area contributed by atoms with Gasteiger partial charge in [-0.15, -0.1) is 0 Å². The van der Waals surface area contributed by atoms with E-state index in [9.17, 15) is 0 Å². The highest BCUT2D eigenvalue weighted by Gasteiger charge is 1.73. The minimum Gasteiger partial charge on any atom is -0.382 e. The first-order valence-corrected chi connectivity index (χ1v) is 1.77. The van der Waals surface area contributed by atoms with Crippen molar-refractivity contribution < 1.29 is 10.8 Å². The first-order valence-electron chi connectivity index (χ1n) is 2.48. The summed E-state index contributed by atoms with van der Waals surface area (Å²) in [5.41, 5.74) is 0. The number of hydrogen-bond acceptors (Lipinski definition) is 2. The molecule has 0 N–H and O–H groups in total. The molecule has 0 aromatic rings. The van der Waals surface area contributed by atoms with Gasteiger partial charge in [-0.2, -0.15) is 0 Å². The lowest BCUT2D eigenvalue weighted by Gasteiger charge is -1.91. The number of ether oxygens (including phenoxy) is 2. The van der Waals surface area contributed by atoms with Crippen molar-refractivity contribution in [2.24, 2.45) is 0 Å². The van der Waals surface area contributed by atoms with Crippen molar-refractivity contribution in [2.45, 2.75) is 0 Å². The molecule has 0 atom stereocenters. The van der Waals surface area contributed by atoms with Crippen molar-refractivity contribution >= 4 is 0 Å². The maximum Gasteiger partial charge on any atom is 0.0696 e. The predicted molar refractivity (Wildman–Crippen MR) is 23.8 cm³/mol. The largest absolute Gasteiger partial charge is 0.382 e. The number of hydrogen-bond donors (Lipinski definition) is 0. The van der Waals surface area contributed by atoms with Crippen molar-refractivity contribution in [3.8, 4) is 0 Å². The van der Waals surface area contributed by atoms with E-state index in [1.165, 1.54) is 0 Å². The third-order valence-corrected chi connectivity index (χ3v) is 0.432. The van der Waals surface area contributed by atoms with Crippen LogP contribution in [0, 0.1) is 0 Å². The molecule has 0 aromatic carbocycles. The van der Waals surface area contributed by atoms with Gasteiger partial charge >= 0.3 is 0 Å². The van der Waals surface area contributed by atoms with E-state index < -0.39 is 0 Å². The van der Waals surface area contributed by atoms with Crippen LogP contribution >= 0.6 is 0 Å². The lowest BCUT2D eigenvalue weighted by atomic mass is 10.8. The summed E-state index contributed by atoms with van der Waals surface area (Å²) in [4.78, 5) is 0. The molecule has 0 saturated carbocycles. The van der Waals surface area contributed by atoms with Gasteiger partial charge in [0.05, 0.1) is 14.6 Å². The van der Waals surface area contributed by atoms with E-state index >= 15 is 0 Å². The lowest BCUT2D eigenvalue weighted by Crippen LogP contribution is -1.96. The molecule has 0 radical (unpaired) electrons. The molecule has 0 aromatic heterocycles. The fourth-order valence-electron chi connectivity index (χ4n) is 0.142. The summed E-state index contributed by atoms with van der Waals surface area (Å²) in [7, 11) is 1.64. The summed E-state index contributed by atoms with van der Waals surface area (Å²) in [5, 5.41) is 0. The molecule has 0 spiro atoms. The van der Waals surface area contributed by atoms with Crippen molar-refractivity contribution in [2.75, 3.05) is 27.4 Å². The molecule has 0 amide bonds. The minimum atomic E-state index is 0.0311. The van der Waals surface area contributed by atoms with Crippen molar-refractivity contribution in [3.05, 3.63) is 0 Å². The van der Waals surface area contributed by atoms with E-state index in [0.717, 1.165) is 0 Å². The summed E-state index contributed by atoms with van der Waals surface area (Å²) in [6, 6.07) is 0. The van der Waals surface area contributed by atoms with E-state index in [1.54, 1.807) is 7.11 Å². The van der Waals surface area contributed by atoms with Crippen molar-refractivity contribution in [3.63, 3.8) is 0 Å². The molecule has 2 nitrogen and oxygen atoms in total. The average molecular weight is 91.1 g/mol. The second kappa shape index (κ2) is 4.92.